The van der Waals surface area contributed by atoms with Gasteiger partial charge >= 0.3 is 0 Å². The van der Waals surface area contributed by atoms with Crippen LogP contribution in [0.25, 0.3) is 0 Å². The van der Waals surface area contributed by atoms with Crippen molar-refractivity contribution >= 4 is 23.2 Å². The third kappa shape index (κ3) is 3.99. The lowest BCUT2D eigenvalue weighted by molar-refractivity contribution is -0.121. The zero-order valence-electron chi connectivity index (χ0n) is 14.5. The van der Waals surface area contributed by atoms with E-state index in [1.165, 1.54) is 5.56 Å². The molecule has 0 spiro atoms. The van der Waals surface area contributed by atoms with Gasteiger partial charge in [-0.2, -0.15) is 0 Å². The normalized spacial score (nSPS) is 13.2. The largest absolute Gasteiger partial charge is 0.482 e. The smallest absolute Gasteiger partial charge is 0.265 e. The molecule has 2 amide bonds. The number of hydrogen-bond acceptors (Lipinski definition) is 3. The van der Waals surface area contributed by atoms with Crippen LogP contribution < -0.4 is 15.0 Å². The summed E-state index contributed by atoms with van der Waals surface area (Å²) in [6, 6.07) is 13.5. The van der Waals surface area contributed by atoms with E-state index in [1.54, 1.807) is 4.90 Å². The van der Waals surface area contributed by atoms with E-state index in [0.717, 1.165) is 23.4 Å². The van der Waals surface area contributed by atoms with Crippen LogP contribution in [0.2, 0.25) is 0 Å². The summed E-state index contributed by atoms with van der Waals surface area (Å²) in [5.41, 5.74) is 3.77. The van der Waals surface area contributed by atoms with Crippen LogP contribution in [-0.2, 0) is 16.0 Å². The highest BCUT2D eigenvalue weighted by Crippen LogP contribution is 2.32. The SMILES string of the molecule is CCc1ccc(NC(=O)CCN2C(=O)COc3ccc(C)cc32)cc1. The predicted molar refractivity (Wildman–Crippen MR) is 98.1 cm³/mol. The molecule has 0 aliphatic carbocycles. The van der Waals surface area contributed by atoms with Gasteiger partial charge < -0.3 is 15.0 Å². The molecule has 1 heterocycles. The standard InChI is InChI=1S/C20H22N2O3/c1-3-15-5-7-16(8-6-15)21-19(23)10-11-22-17-12-14(2)4-9-18(17)25-13-20(22)24/h4-9,12H,3,10-11,13H2,1-2H3,(H,21,23). The maximum absolute atomic E-state index is 12.2. The van der Waals surface area contributed by atoms with Crippen molar-refractivity contribution in [2.75, 3.05) is 23.4 Å². The van der Waals surface area contributed by atoms with Crippen molar-refractivity contribution in [3.63, 3.8) is 0 Å². The Morgan fingerprint density at radius 2 is 1.96 bits per heavy atom. The fraction of sp³-hybridized carbons (Fsp3) is 0.300. The number of carbonyl (C=O) groups is 2. The summed E-state index contributed by atoms with van der Waals surface area (Å²) in [4.78, 5) is 26.0. The van der Waals surface area contributed by atoms with Gasteiger partial charge in [0.2, 0.25) is 5.91 Å². The summed E-state index contributed by atoms with van der Waals surface area (Å²) in [5, 5.41) is 2.87. The number of nitrogens with zero attached hydrogens (tertiary/aromatic N) is 1. The van der Waals surface area contributed by atoms with Gasteiger partial charge in [-0.1, -0.05) is 25.1 Å². The first-order valence-corrected chi connectivity index (χ1v) is 8.49. The van der Waals surface area contributed by atoms with Gasteiger partial charge in [-0.25, -0.2) is 0 Å². The summed E-state index contributed by atoms with van der Waals surface area (Å²) in [5.74, 6) is 0.441. The number of hydrogen-bond donors (Lipinski definition) is 1. The topological polar surface area (TPSA) is 58.6 Å². The molecule has 0 unspecified atom stereocenters. The van der Waals surface area contributed by atoms with Crippen molar-refractivity contribution in [3.8, 4) is 5.75 Å². The Hall–Kier alpha value is -2.82. The monoisotopic (exact) mass is 338 g/mol. The molecule has 0 fully saturated rings. The number of nitrogens with one attached hydrogen (secondary N) is 1. The molecule has 0 saturated carbocycles. The second kappa shape index (κ2) is 7.38. The number of carbonyl (C=O) groups excluding carboxylic acids is 2. The number of benzene rings is 2. The molecule has 0 atom stereocenters. The first-order chi connectivity index (χ1) is 12.1. The number of fused-ring (bicyclic) bond motifs is 1. The van der Waals surface area contributed by atoms with Gasteiger partial charge in [-0.05, 0) is 48.7 Å². The Labute approximate surface area is 147 Å². The Balaban J connectivity index is 1.63. The van der Waals surface area contributed by atoms with Gasteiger partial charge in [-0.15, -0.1) is 0 Å². The lowest BCUT2D eigenvalue weighted by atomic mass is 10.1. The fourth-order valence-electron chi connectivity index (χ4n) is 2.82. The van der Waals surface area contributed by atoms with E-state index < -0.39 is 0 Å². The number of rotatable bonds is 5. The average Bonchev–Trinajstić information content (AvgIpc) is 2.61. The third-order valence-electron chi connectivity index (χ3n) is 4.27. The average molecular weight is 338 g/mol. The molecule has 3 rings (SSSR count). The molecule has 5 nitrogen and oxygen atoms in total. The highest BCUT2D eigenvalue weighted by molar-refractivity contribution is 5.99. The van der Waals surface area contributed by atoms with Gasteiger partial charge in [0.1, 0.15) is 5.75 Å². The molecule has 0 radical (unpaired) electrons. The van der Waals surface area contributed by atoms with Crippen molar-refractivity contribution in [1.82, 2.24) is 0 Å². The zero-order chi connectivity index (χ0) is 17.8. The van der Waals surface area contributed by atoms with Gasteiger partial charge in [0.05, 0.1) is 5.69 Å². The maximum Gasteiger partial charge on any atom is 0.265 e. The molecule has 5 heteroatoms. The molecule has 1 aliphatic heterocycles. The van der Waals surface area contributed by atoms with E-state index in [0.29, 0.717) is 12.3 Å². The van der Waals surface area contributed by atoms with Crippen LogP contribution in [0.15, 0.2) is 42.5 Å². The number of anilines is 2. The van der Waals surface area contributed by atoms with Crippen LogP contribution >= 0.6 is 0 Å². The van der Waals surface area contributed by atoms with Crippen molar-refractivity contribution in [2.45, 2.75) is 26.7 Å². The van der Waals surface area contributed by atoms with Crippen molar-refractivity contribution in [3.05, 3.63) is 53.6 Å². The molecule has 25 heavy (non-hydrogen) atoms. The molecule has 2 aromatic rings. The number of ether oxygens (including phenoxy) is 1. The third-order valence-corrected chi connectivity index (χ3v) is 4.27. The van der Waals surface area contributed by atoms with Crippen LogP contribution in [-0.4, -0.2) is 25.0 Å². The van der Waals surface area contributed by atoms with E-state index in [2.05, 4.69) is 12.2 Å². The van der Waals surface area contributed by atoms with Crippen LogP contribution in [0.4, 0.5) is 11.4 Å². The number of aryl methyl sites for hydroxylation is 2. The van der Waals surface area contributed by atoms with Crippen molar-refractivity contribution in [2.24, 2.45) is 0 Å². The Bertz CT molecular complexity index is 784. The second-order valence-electron chi connectivity index (χ2n) is 6.15. The first-order valence-electron chi connectivity index (χ1n) is 8.49. The molecule has 0 aromatic heterocycles. The summed E-state index contributed by atoms with van der Waals surface area (Å²) in [6.45, 7) is 4.39. The molecular weight excluding hydrogens is 316 g/mol. The predicted octanol–water partition coefficient (Wildman–Crippen LogP) is 3.31. The maximum atomic E-state index is 12.2. The minimum atomic E-state index is -0.127. The molecule has 2 aromatic carbocycles. The van der Waals surface area contributed by atoms with Gasteiger partial charge in [-0.3, -0.25) is 9.59 Å². The van der Waals surface area contributed by atoms with Crippen LogP contribution in [0.1, 0.15) is 24.5 Å². The Morgan fingerprint density at radius 1 is 1.20 bits per heavy atom. The van der Waals surface area contributed by atoms with Crippen LogP contribution in [0.5, 0.6) is 5.75 Å². The van der Waals surface area contributed by atoms with Gasteiger partial charge in [0.15, 0.2) is 6.61 Å². The van der Waals surface area contributed by atoms with Gasteiger partial charge in [0.25, 0.3) is 5.91 Å². The summed E-state index contributed by atoms with van der Waals surface area (Å²) in [7, 11) is 0. The van der Waals surface area contributed by atoms with E-state index in [4.69, 9.17) is 4.74 Å². The van der Waals surface area contributed by atoms with Crippen molar-refractivity contribution < 1.29 is 14.3 Å². The Kier molecular flexibility index (Phi) is 5.03. The highest BCUT2D eigenvalue weighted by atomic mass is 16.5. The zero-order valence-corrected chi connectivity index (χ0v) is 14.5. The molecular formula is C20H22N2O3. The minimum absolute atomic E-state index is 0.0101. The van der Waals surface area contributed by atoms with Crippen LogP contribution in [0.3, 0.4) is 0 Å². The quantitative estimate of drug-likeness (QED) is 0.910. The number of amides is 2. The Morgan fingerprint density at radius 3 is 2.68 bits per heavy atom. The molecule has 0 bridgehead atoms. The summed E-state index contributed by atoms with van der Waals surface area (Å²) < 4.78 is 5.45. The lowest BCUT2D eigenvalue weighted by Crippen LogP contribution is -2.40. The van der Waals surface area contributed by atoms with Crippen LogP contribution in [0, 0.1) is 6.92 Å². The fourth-order valence-corrected chi connectivity index (χ4v) is 2.82. The van der Waals surface area contributed by atoms with E-state index in [9.17, 15) is 9.59 Å². The molecule has 1 aliphatic rings. The minimum Gasteiger partial charge on any atom is -0.482 e. The van der Waals surface area contributed by atoms with E-state index in [-0.39, 0.29) is 24.8 Å². The molecule has 1 N–H and O–H groups in total. The first kappa shape index (κ1) is 17.0. The summed E-state index contributed by atoms with van der Waals surface area (Å²) >= 11 is 0. The highest BCUT2D eigenvalue weighted by Gasteiger charge is 2.25. The summed E-state index contributed by atoms with van der Waals surface area (Å²) in [6.07, 6.45) is 1.20. The second-order valence-corrected chi connectivity index (χ2v) is 6.15. The van der Waals surface area contributed by atoms with E-state index in [1.807, 2.05) is 49.4 Å². The lowest BCUT2D eigenvalue weighted by Gasteiger charge is -2.29. The molecule has 0 saturated heterocycles. The van der Waals surface area contributed by atoms with Crippen molar-refractivity contribution in [1.29, 1.82) is 0 Å². The van der Waals surface area contributed by atoms with E-state index >= 15 is 0 Å². The van der Waals surface area contributed by atoms with Gasteiger partial charge in [0, 0.05) is 18.7 Å². The molecule has 130 valence electrons.